The standard InChI is InChI=1S/C14H23NO7/c16-7-8-12(19)13(20)11(14(21)22-8)15-9(17)5-3-1-2-4-6-10(15)18/h8,11-14,16,19-21H,1-7H2/t8-,11-,12-,13-,14-/m1/s1. The minimum absolute atomic E-state index is 0.140. The summed E-state index contributed by atoms with van der Waals surface area (Å²) in [6.07, 6.45) is -2.66. The summed E-state index contributed by atoms with van der Waals surface area (Å²) in [6.45, 7) is -0.593. The SMILES string of the molecule is O=C1CCCCCCC(=O)N1[C@@H]1[C@@H](O)[C@H](O)[C@@H](CO)O[C@H]1O. The zero-order chi connectivity index (χ0) is 16.3. The van der Waals surface area contributed by atoms with E-state index in [1.165, 1.54) is 0 Å². The number of hydrogen-bond donors (Lipinski definition) is 4. The van der Waals surface area contributed by atoms with Crippen molar-refractivity contribution in [3.05, 3.63) is 0 Å². The zero-order valence-corrected chi connectivity index (χ0v) is 12.3. The van der Waals surface area contributed by atoms with Crippen LogP contribution in [0.1, 0.15) is 38.5 Å². The van der Waals surface area contributed by atoms with E-state index in [4.69, 9.17) is 9.84 Å². The third kappa shape index (κ3) is 3.47. The van der Waals surface area contributed by atoms with Crippen LogP contribution in [0.15, 0.2) is 0 Å². The molecule has 0 unspecified atom stereocenters. The fourth-order valence-corrected chi connectivity index (χ4v) is 2.98. The van der Waals surface area contributed by atoms with Gasteiger partial charge in [0.05, 0.1) is 6.61 Å². The van der Waals surface area contributed by atoms with Gasteiger partial charge < -0.3 is 25.2 Å². The molecular formula is C14H23NO7. The molecule has 2 fully saturated rings. The number of amides is 2. The third-order valence-electron chi connectivity index (χ3n) is 4.23. The first kappa shape index (κ1) is 17.3. The lowest BCUT2D eigenvalue weighted by Gasteiger charge is -2.44. The van der Waals surface area contributed by atoms with Gasteiger partial charge in [-0.15, -0.1) is 0 Å². The second kappa shape index (κ2) is 7.47. The van der Waals surface area contributed by atoms with E-state index in [1.807, 2.05) is 0 Å². The summed E-state index contributed by atoms with van der Waals surface area (Å²) in [5, 5.41) is 39.2. The van der Waals surface area contributed by atoms with Gasteiger partial charge in [0.1, 0.15) is 24.4 Å². The minimum atomic E-state index is -1.65. The second-order valence-corrected chi connectivity index (χ2v) is 5.79. The normalized spacial score (nSPS) is 38.4. The van der Waals surface area contributed by atoms with E-state index in [9.17, 15) is 24.9 Å². The molecule has 0 radical (unpaired) electrons. The topological polar surface area (TPSA) is 128 Å². The highest BCUT2D eigenvalue weighted by molar-refractivity contribution is 5.96. The van der Waals surface area contributed by atoms with Gasteiger partial charge in [-0.25, -0.2) is 0 Å². The Balaban J connectivity index is 2.24. The van der Waals surface area contributed by atoms with Crippen LogP contribution in [0.4, 0.5) is 0 Å². The van der Waals surface area contributed by atoms with Crippen LogP contribution in [0.25, 0.3) is 0 Å². The van der Waals surface area contributed by atoms with Gasteiger partial charge >= 0.3 is 0 Å². The molecule has 2 amide bonds. The molecule has 8 heteroatoms. The summed E-state index contributed by atoms with van der Waals surface area (Å²) < 4.78 is 5.03. The molecule has 0 spiro atoms. The molecule has 22 heavy (non-hydrogen) atoms. The fraction of sp³-hybridized carbons (Fsp3) is 0.857. The van der Waals surface area contributed by atoms with Crippen LogP contribution in [-0.4, -0.2) is 74.4 Å². The number of nitrogens with zero attached hydrogens (tertiary/aromatic N) is 1. The number of ether oxygens (including phenoxy) is 1. The Morgan fingerprint density at radius 3 is 2.00 bits per heavy atom. The van der Waals surface area contributed by atoms with Gasteiger partial charge in [0.15, 0.2) is 6.29 Å². The van der Waals surface area contributed by atoms with Crippen molar-refractivity contribution >= 4 is 11.8 Å². The van der Waals surface area contributed by atoms with Gasteiger partial charge in [0.25, 0.3) is 0 Å². The van der Waals surface area contributed by atoms with Gasteiger partial charge in [0, 0.05) is 12.8 Å². The maximum Gasteiger partial charge on any atom is 0.229 e. The second-order valence-electron chi connectivity index (χ2n) is 5.79. The van der Waals surface area contributed by atoms with E-state index >= 15 is 0 Å². The van der Waals surface area contributed by atoms with Crippen LogP contribution >= 0.6 is 0 Å². The summed E-state index contributed by atoms with van der Waals surface area (Å²) in [5.74, 6) is -0.985. The van der Waals surface area contributed by atoms with Crippen molar-refractivity contribution < 1.29 is 34.8 Å². The number of carbonyl (C=O) groups excluding carboxylic acids is 2. The average Bonchev–Trinajstić information content (AvgIpc) is 2.56. The fourth-order valence-electron chi connectivity index (χ4n) is 2.98. The average molecular weight is 317 g/mol. The lowest BCUT2D eigenvalue weighted by molar-refractivity contribution is -0.268. The first-order valence-electron chi connectivity index (χ1n) is 7.62. The highest BCUT2D eigenvalue weighted by Gasteiger charge is 2.49. The molecule has 0 aliphatic carbocycles. The Labute approximate surface area is 128 Å². The molecule has 0 aromatic rings. The summed E-state index contributed by atoms with van der Waals surface area (Å²) in [5.41, 5.74) is 0. The number of aliphatic hydroxyl groups excluding tert-OH is 4. The number of imide groups is 1. The van der Waals surface area contributed by atoms with Crippen molar-refractivity contribution in [2.75, 3.05) is 6.61 Å². The van der Waals surface area contributed by atoms with Gasteiger partial charge in [-0.3, -0.25) is 14.5 Å². The largest absolute Gasteiger partial charge is 0.394 e. The molecule has 2 aliphatic heterocycles. The molecule has 2 heterocycles. The van der Waals surface area contributed by atoms with E-state index < -0.39 is 49.1 Å². The van der Waals surface area contributed by atoms with Crippen LogP contribution in [-0.2, 0) is 14.3 Å². The lowest BCUT2D eigenvalue weighted by Crippen LogP contribution is -2.66. The minimum Gasteiger partial charge on any atom is -0.394 e. The molecule has 4 N–H and O–H groups in total. The molecule has 0 aromatic heterocycles. The molecule has 8 nitrogen and oxygen atoms in total. The molecule has 5 atom stereocenters. The van der Waals surface area contributed by atoms with Crippen LogP contribution in [0.5, 0.6) is 0 Å². The van der Waals surface area contributed by atoms with Gasteiger partial charge in [0.2, 0.25) is 11.8 Å². The predicted octanol–water partition coefficient (Wildman–Crippen LogP) is -1.50. The van der Waals surface area contributed by atoms with Crippen LogP contribution in [0.2, 0.25) is 0 Å². The van der Waals surface area contributed by atoms with Crippen LogP contribution in [0, 0.1) is 0 Å². The summed E-state index contributed by atoms with van der Waals surface area (Å²) in [7, 11) is 0. The van der Waals surface area contributed by atoms with Crippen molar-refractivity contribution in [3.8, 4) is 0 Å². The molecule has 0 saturated carbocycles. The Hall–Kier alpha value is -1.06. The first-order chi connectivity index (χ1) is 10.5. The molecule has 0 bridgehead atoms. The first-order valence-corrected chi connectivity index (χ1v) is 7.62. The molecule has 2 saturated heterocycles. The third-order valence-corrected chi connectivity index (χ3v) is 4.23. The molecular weight excluding hydrogens is 294 g/mol. The molecule has 0 aromatic carbocycles. The summed E-state index contributed by atoms with van der Waals surface area (Å²) in [6, 6.07) is -1.36. The van der Waals surface area contributed by atoms with Crippen LogP contribution < -0.4 is 0 Å². The van der Waals surface area contributed by atoms with Crippen molar-refractivity contribution in [1.82, 2.24) is 4.90 Å². The monoisotopic (exact) mass is 317 g/mol. The smallest absolute Gasteiger partial charge is 0.229 e. The number of rotatable bonds is 2. The van der Waals surface area contributed by atoms with Gasteiger partial charge in [-0.2, -0.15) is 0 Å². The summed E-state index contributed by atoms with van der Waals surface area (Å²) >= 11 is 0. The van der Waals surface area contributed by atoms with Gasteiger partial charge in [-0.1, -0.05) is 12.8 Å². The van der Waals surface area contributed by atoms with E-state index in [2.05, 4.69) is 0 Å². The Bertz CT molecular complexity index is 396. The van der Waals surface area contributed by atoms with Crippen molar-refractivity contribution in [1.29, 1.82) is 0 Å². The van der Waals surface area contributed by atoms with Gasteiger partial charge in [-0.05, 0) is 12.8 Å². The maximum atomic E-state index is 12.3. The highest BCUT2D eigenvalue weighted by Crippen LogP contribution is 2.26. The Morgan fingerprint density at radius 2 is 1.50 bits per heavy atom. The molecule has 2 aliphatic rings. The number of carbonyl (C=O) groups is 2. The van der Waals surface area contributed by atoms with Crippen molar-refractivity contribution in [2.24, 2.45) is 0 Å². The highest BCUT2D eigenvalue weighted by atomic mass is 16.6. The van der Waals surface area contributed by atoms with E-state index in [1.54, 1.807) is 0 Å². The van der Waals surface area contributed by atoms with Crippen LogP contribution in [0.3, 0.4) is 0 Å². The number of hydrogen-bond acceptors (Lipinski definition) is 7. The number of aliphatic hydroxyl groups is 4. The van der Waals surface area contributed by atoms with Crippen molar-refractivity contribution in [3.63, 3.8) is 0 Å². The predicted molar refractivity (Wildman–Crippen MR) is 73.3 cm³/mol. The summed E-state index contributed by atoms with van der Waals surface area (Å²) in [4.78, 5) is 25.4. The zero-order valence-electron chi connectivity index (χ0n) is 12.3. The molecule has 126 valence electrons. The lowest BCUT2D eigenvalue weighted by atomic mass is 9.95. The molecule has 2 rings (SSSR count). The Morgan fingerprint density at radius 1 is 0.955 bits per heavy atom. The Kier molecular flexibility index (Phi) is 5.87. The quantitative estimate of drug-likeness (QED) is 0.456. The van der Waals surface area contributed by atoms with E-state index in [0.29, 0.717) is 12.8 Å². The maximum absolute atomic E-state index is 12.3. The van der Waals surface area contributed by atoms with E-state index in [0.717, 1.165) is 17.7 Å². The van der Waals surface area contributed by atoms with E-state index in [-0.39, 0.29) is 12.8 Å². The van der Waals surface area contributed by atoms with Crippen molar-refractivity contribution in [2.45, 2.75) is 69.2 Å².